The molecular weight excluding hydrogens is 272 g/mol. The van der Waals surface area contributed by atoms with Crippen molar-refractivity contribution in [1.29, 1.82) is 0 Å². The molecule has 1 rings (SSSR count). The van der Waals surface area contributed by atoms with E-state index in [-0.39, 0.29) is 0 Å². The zero-order chi connectivity index (χ0) is 15.3. The van der Waals surface area contributed by atoms with Crippen LogP contribution in [0.25, 0.3) is 0 Å². The number of H-pyrrole nitrogens is 1. The quantitative estimate of drug-likeness (QED) is 0.434. The molecule has 2 amide bonds. The Bertz CT molecular complexity index is 646. The number of nitrogens with two attached hydrogens (primary N) is 1. The fourth-order valence-corrected chi connectivity index (χ4v) is 1.36. The van der Waals surface area contributed by atoms with Gasteiger partial charge in [0.15, 0.2) is 0 Å². The summed E-state index contributed by atoms with van der Waals surface area (Å²) in [6.45, 7) is -0.502. The second-order valence-corrected chi connectivity index (χ2v) is 3.87. The van der Waals surface area contributed by atoms with Gasteiger partial charge < -0.3 is 16.2 Å². The van der Waals surface area contributed by atoms with Crippen LogP contribution in [0.5, 0.6) is 0 Å². The Morgan fingerprint density at radius 2 is 2.05 bits per heavy atom. The Morgan fingerprint density at radius 1 is 1.40 bits per heavy atom. The average molecular weight is 284 g/mol. The van der Waals surface area contributed by atoms with E-state index in [1.54, 1.807) is 0 Å². The summed E-state index contributed by atoms with van der Waals surface area (Å²) in [5, 5.41) is 10.8. The third kappa shape index (κ3) is 4.40. The van der Waals surface area contributed by atoms with Crippen LogP contribution in [0.1, 0.15) is 6.42 Å². The summed E-state index contributed by atoms with van der Waals surface area (Å²) in [7, 11) is 0. The van der Waals surface area contributed by atoms with E-state index in [0.717, 1.165) is 16.8 Å². The number of aromatic amines is 1. The molecule has 0 aliphatic carbocycles. The van der Waals surface area contributed by atoms with Crippen LogP contribution in [-0.4, -0.2) is 38.5 Å². The molecule has 0 spiro atoms. The van der Waals surface area contributed by atoms with E-state index in [1.165, 1.54) is 0 Å². The van der Waals surface area contributed by atoms with Gasteiger partial charge in [-0.15, -0.1) is 0 Å². The molecule has 1 aromatic rings. The van der Waals surface area contributed by atoms with Crippen molar-refractivity contribution in [2.45, 2.75) is 19.0 Å². The first kappa shape index (κ1) is 15.1. The van der Waals surface area contributed by atoms with Crippen molar-refractivity contribution < 1.29 is 19.5 Å². The molecule has 5 N–H and O–H groups in total. The van der Waals surface area contributed by atoms with Crippen LogP contribution in [0.15, 0.2) is 21.9 Å². The number of amides is 2. The molecular formula is C10H12N4O6. The third-order valence-electron chi connectivity index (χ3n) is 2.25. The van der Waals surface area contributed by atoms with Crippen molar-refractivity contribution in [2.75, 3.05) is 0 Å². The number of carboxylic acid groups (broad SMARTS) is 1. The van der Waals surface area contributed by atoms with Gasteiger partial charge in [-0.05, 0) is 0 Å². The van der Waals surface area contributed by atoms with Crippen LogP contribution in [0.4, 0.5) is 0 Å². The molecule has 0 fully saturated rings. The fraction of sp³-hybridized carbons (Fsp3) is 0.300. The van der Waals surface area contributed by atoms with Gasteiger partial charge >= 0.3 is 11.7 Å². The highest BCUT2D eigenvalue weighted by Gasteiger charge is 2.22. The first-order valence-corrected chi connectivity index (χ1v) is 5.40. The number of aliphatic carboxylic acids is 1. The number of aromatic nitrogens is 2. The van der Waals surface area contributed by atoms with Gasteiger partial charge in [0, 0.05) is 12.3 Å². The van der Waals surface area contributed by atoms with Crippen molar-refractivity contribution in [1.82, 2.24) is 14.9 Å². The van der Waals surface area contributed by atoms with Gasteiger partial charge in [0.05, 0.1) is 6.42 Å². The first-order chi connectivity index (χ1) is 9.29. The number of hydrogen-bond donors (Lipinski definition) is 4. The lowest BCUT2D eigenvalue weighted by Gasteiger charge is -2.13. The molecule has 0 aromatic carbocycles. The molecule has 10 nitrogen and oxygen atoms in total. The van der Waals surface area contributed by atoms with E-state index in [1.807, 2.05) is 10.3 Å². The Hall–Kier alpha value is -2.91. The number of carbonyl (C=O) groups is 3. The summed E-state index contributed by atoms with van der Waals surface area (Å²) >= 11 is 0. The largest absolute Gasteiger partial charge is 0.480 e. The lowest BCUT2D eigenvalue weighted by atomic mass is 10.2. The maximum atomic E-state index is 11.6. The monoisotopic (exact) mass is 284 g/mol. The lowest BCUT2D eigenvalue weighted by molar-refractivity contribution is -0.143. The standard InChI is InChI=1S/C10H12N4O6/c11-6(15)3-5(9(18)19)12-8(17)4-14-2-1-7(16)13-10(14)20/h1-2,5H,3-4H2,(H2,11,15)(H,12,17)(H,18,19)(H,13,16,20)/t5-/m1/s1. The minimum Gasteiger partial charge on any atom is -0.480 e. The second kappa shape index (κ2) is 6.31. The average Bonchev–Trinajstić information content (AvgIpc) is 2.31. The van der Waals surface area contributed by atoms with E-state index in [0.29, 0.717) is 0 Å². The molecule has 108 valence electrons. The highest BCUT2D eigenvalue weighted by molar-refractivity contribution is 5.88. The Morgan fingerprint density at radius 3 is 2.55 bits per heavy atom. The normalized spacial score (nSPS) is 11.6. The molecule has 0 aliphatic rings. The summed E-state index contributed by atoms with van der Waals surface area (Å²) in [6, 6.07) is -0.439. The van der Waals surface area contributed by atoms with Crippen molar-refractivity contribution >= 4 is 17.8 Å². The van der Waals surface area contributed by atoms with Crippen LogP contribution >= 0.6 is 0 Å². The molecule has 20 heavy (non-hydrogen) atoms. The van der Waals surface area contributed by atoms with Gasteiger partial charge in [-0.3, -0.25) is 23.9 Å². The van der Waals surface area contributed by atoms with Crippen LogP contribution in [0.2, 0.25) is 0 Å². The highest BCUT2D eigenvalue weighted by Crippen LogP contribution is 1.92. The smallest absolute Gasteiger partial charge is 0.328 e. The van der Waals surface area contributed by atoms with Crippen molar-refractivity contribution in [3.05, 3.63) is 33.1 Å². The van der Waals surface area contributed by atoms with Crippen LogP contribution in [0.3, 0.4) is 0 Å². The number of primary amides is 1. The van der Waals surface area contributed by atoms with E-state index >= 15 is 0 Å². The summed E-state index contributed by atoms with van der Waals surface area (Å²) in [4.78, 5) is 57.1. The summed E-state index contributed by atoms with van der Waals surface area (Å²) in [5.41, 5.74) is 3.42. The molecule has 0 saturated heterocycles. The maximum absolute atomic E-state index is 11.6. The molecule has 1 atom stereocenters. The topological polar surface area (TPSA) is 164 Å². The van der Waals surface area contributed by atoms with E-state index in [2.05, 4.69) is 0 Å². The molecule has 0 bridgehead atoms. The van der Waals surface area contributed by atoms with E-state index < -0.39 is 48.0 Å². The number of carbonyl (C=O) groups excluding carboxylic acids is 2. The van der Waals surface area contributed by atoms with Crippen LogP contribution in [0, 0.1) is 0 Å². The van der Waals surface area contributed by atoms with E-state index in [4.69, 9.17) is 10.8 Å². The molecule has 10 heteroatoms. The Balaban J connectivity index is 2.75. The van der Waals surface area contributed by atoms with Crippen molar-refractivity contribution in [3.63, 3.8) is 0 Å². The van der Waals surface area contributed by atoms with Gasteiger partial charge in [0.1, 0.15) is 12.6 Å². The number of hydrogen-bond acceptors (Lipinski definition) is 5. The van der Waals surface area contributed by atoms with Gasteiger partial charge in [0.2, 0.25) is 11.8 Å². The van der Waals surface area contributed by atoms with Crippen LogP contribution in [-0.2, 0) is 20.9 Å². The van der Waals surface area contributed by atoms with Gasteiger partial charge in [-0.2, -0.15) is 0 Å². The molecule has 0 unspecified atom stereocenters. The molecule has 0 saturated carbocycles. The lowest BCUT2D eigenvalue weighted by Crippen LogP contribution is -2.45. The second-order valence-electron chi connectivity index (χ2n) is 3.87. The third-order valence-corrected chi connectivity index (χ3v) is 2.25. The predicted octanol–water partition coefficient (Wildman–Crippen LogP) is -3.02. The first-order valence-electron chi connectivity index (χ1n) is 5.40. The highest BCUT2D eigenvalue weighted by atomic mass is 16.4. The zero-order valence-electron chi connectivity index (χ0n) is 10.2. The summed E-state index contributed by atoms with van der Waals surface area (Å²) in [6.07, 6.45) is 0.520. The summed E-state index contributed by atoms with van der Waals surface area (Å²) < 4.78 is 0.875. The minimum absolute atomic E-state index is 0.502. The van der Waals surface area contributed by atoms with Gasteiger partial charge in [-0.25, -0.2) is 9.59 Å². The van der Waals surface area contributed by atoms with Crippen molar-refractivity contribution in [3.8, 4) is 0 Å². The van der Waals surface area contributed by atoms with Gasteiger partial charge in [0.25, 0.3) is 5.56 Å². The van der Waals surface area contributed by atoms with E-state index in [9.17, 15) is 24.0 Å². The fourth-order valence-electron chi connectivity index (χ4n) is 1.36. The maximum Gasteiger partial charge on any atom is 0.328 e. The Labute approximate surface area is 111 Å². The molecule has 0 aliphatic heterocycles. The number of nitrogens with zero attached hydrogens (tertiary/aromatic N) is 1. The molecule has 0 radical (unpaired) electrons. The number of rotatable bonds is 6. The Kier molecular flexibility index (Phi) is 4.78. The minimum atomic E-state index is -1.47. The SMILES string of the molecule is NC(=O)C[C@@H](NC(=O)Cn1ccc(=O)[nH]c1=O)C(=O)O. The molecule has 1 heterocycles. The number of carboxylic acids is 1. The van der Waals surface area contributed by atoms with Crippen LogP contribution < -0.4 is 22.3 Å². The van der Waals surface area contributed by atoms with Gasteiger partial charge in [-0.1, -0.05) is 0 Å². The van der Waals surface area contributed by atoms with Crippen molar-refractivity contribution in [2.24, 2.45) is 5.73 Å². The molecule has 1 aromatic heterocycles. The number of nitrogens with one attached hydrogen (secondary N) is 2. The predicted molar refractivity (Wildman–Crippen MR) is 64.7 cm³/mol. The zero-order valence-corrected chi connectivity index (χ0v) is 10.2. The summed E-state index contributed by atoms with van der Waals surface area (Å²) in [5.74, 6) is -3.13.